The molecule has 0 unspecified atom stereocenters. The van der Waals surface area contributed by atoms with Crippen LogP contribution in [-0.2, 0) is 27.2 Å². The summed E-state index contributed by atoms with van der Waals surface area (Å²) in [5.74, 6) is 0.586. The predicted octanol–water partition coefficient (Wildman–Crippen LogP) is 3.15. The highest BCUT2D eigenvalue weighted by molar-refractivity contribution is 5.77. The third-order valence-corrected chi connectivity index (χ3v) is 5.23. The van der Waals surface area contributed by atoms with Gasteiger partial charge in [0.05, 0.1) is 33.9 Å². The first-order chi connectivity index (χ1) is 14.2. The molecule has 0 radical (unpaired) electrons. The Hall–Kier alpha value is -2.41. The second kappa shape index (κ2) is 10.4. The normalized spacial score (nSPS) is 14.8. The van der Waals surface area contributed by atoms with Gasteiger partial charge in [0.25, 0.3) is 0 Å². The number of hydrogen-bond donors (Lipinski definition) is 0. The van der Waals surface area contributed by atoms with Crippen molar-refractivity contribution in [3.8, 4) is 16.9 Å². The van der Waals surface area contributed by atoms with Crippen molar-refractivity contribution >= 4 is 5.97 Å². The third kappa shape index (κ3) is 5.35. The summed E-state index contributed by atoms with van der Waals surface area (Å²) >= 11 is 0. The van der Waals surface area contributed by atoms with Gasteiger partial charge in [-0.1, -0.05) is 43.3 Å². The molecule has 0 spiro atoms. The average molecular weight is 399 g/mol. The maximum Gasteiger partial charge on any atom is 0.309 e. The number of esters is 1. The fourth-order valence-electron chi connectivity index (χ4n) is 3.73. The van der Waals surface area contributed by atoms with Gasteiger partial charge in [-0.15, -0.1) is 0 Å². The summed E-state index contributed by atoms with van der Waals surface area (Å²) in [6.07, 6.45) is 0.254. The second-order valence-corrected chi connectivity index (χ2v) is 6.99. The monoisotopic (exact) mass is 398 g/mol. The Morgan fingerprint density at radius 1 is 1.14 bits per heavy atom. The van der Waals surface area contributed by atoms with E-state index < -0.39 is 0 Å². The number of nitrogens with zero attached hydrogens (tertiary/aromatic N) is 2. The number of hydrogen-bond acceptors (Lipinski definition) is 6. The van der Waals surface area contributed by atoms with Crippen molar-refractivity contribution in [3.63, 3.8) is 0 Å². The van der Waals surface area contributed by atoms with Gasteiger partial charge in [-0.2, -0.15) is 0 Å². The van der Waals surface area contributed by atoms with E-state index in [1.807, 2.05) is 30.3 Å². The van der Waals surface area contributed by atoms with Crippen LogP contribution in [0.2, 0.25) is 0 Å². The summed E-state index contributed by atoms with van der Waals surface area (Å²) < 4.78 is 16.0. The van der Waals surface area contributed by atoms with E-state index in [9.17, 15) is 4.79 Å². The molecule has 1 aliphatic heterocycles. The summed E-state index contributed by atoms with van der Waals surface area (Å²) in [7, 11) is 3.11. The molecule has 1 fully saturated rings. The summed E-state index contributed by atoms with van der Waals surface area (Å²) in [5, 5.41) is 4.72. The highest BCUT2D eigenvalue weighted by atomic mass is 16.5. The van der Waals surface area contributed by atoms with Gasteiger partial charge in [0.2, 0.25) is 0 Å². The lowest BCUT2D eigenvalue weighted by atomic mass is 9.96. The van der Waals surface area contributed by atoms with Crippen LogP contribution in [0, 0.1) is 0 Å². The van der Waals surface area contributed by atoms with Crippen molar-refractivity contribution in [1.82, 2.24) is 10.0 Å². The van der Waals surface area contributed by atoms with Crippen molar-refractivity contribution < 1.29 is 19.0 Å². The minimum absolute atomic E-state index is 0.244. The van der Waals surface area contributed by atoms with Crippen LogP contribution in [0.25, 0.3) is 11.1 Å². The molecular weight excluding hydrogens is 368 g/mol. The Balaban J connectivity index is 1.94. The molecule has 29 heavy (non-hydrogen) atoms. The van der Waals surface area contributed by atoms with Crippen molar-refractivity contribution in [2.45, 2.75) is 19.9 Å². The molecule has 6 heteroatoms. The van der Waals surface area contributed by atoms with Gasteiger partial charge in [-0.25, -0.2) is 10.0 Å². The van der Waals surface area contributed by atoms with Crippen molar-refractivity contribution in [2.75, 3.05) is 47.1 Å². The maximum atomic E-state index is 11.7. The van der Waals surface area contributed by atoms with E-state index in [1.54, 1.807) is 7.11 Å². The first-order valence-corrected chi connectivity index (χ1v) is 10.1. The standard InChI is InChI=1S/C23H30N2O4/c1-4-24(25-11-13-29-14-12-25)17-20-9-6-10-21(27-2)23(20)19-8-5-7-18(15-19)16-22(26)28-3/h5-10,15H,4,11-14,16-17H2,1-3H3. The average Bonchev–Trinajstić information content (AvgIpc) is 2.77. The largest absolute Gasteiger partial charge is 0.496 e. The molecule has 1 saturated heterocycles. The Morgan fingerprint density at radius 2 is 1.90 bits per heavy atom. The fourth-order valence-corrected chi connectivity index (χ4v) is 3.73. The zero-order valence-corrected chi connectivity index (χ0v) is 17.5. The fraction of sp³-hybridized carbons (Fsp3) is 0.435. The first kappa shape index (κ1) is 21.3. The van der Waals surface area contributed by atoms with Crippen LogP contribution in [0.15, 0.2) is 42.5 Å². The van der Waals surface area contributed by atoms with Gasteiger partial charge < -0.3 is 14.2 Å². The van der Waals surface area contributed by atoms with Gasteiger partial charge in [0.1, 0.15) is 5.75 Å². The van der Waals surface area contributed by atoms with Crippen LogP contribution in [0.3, 0.4) is 0 Å². The van der Waals surface area contributed by atoms with Crippen molar-refractivity contribution in [1.29, 1.82) is 0 Å². The number of carbonyl (C=O) groups is 1. The number of morpholine rings is 1. The van der Waals surface area contributed by atoms with Crippen LogP contribution in [0.1, 0.15) is 18.1 Å². The quantitative estimate of drug-likeness (QED) is 0.637. The van der Waals surface area contributed by atoms with Gasteiger partial charge in [0.15, 0.2) is 0 Å². The van der Waals surface area contributed by atoms with Crippen LogP contribution >= 0.6 is 0 Å². The van der Waals surface area contributed by atoms with E-state index in [0.29, 0.717) is 0 Å². The first-order valence-electron chi connectivity index (χ1n) is 10.1. The number of rotatable bonds is 8. The van der Waals surface area contributed by atoms with Crippen LogP contribution in [0.4, 0.5) is 0 Å². The molecule has 2 aromatic carbocycles. The molecule has 3 rings (SSSR count). The number of ether oxygens (including phenoxy) is 3. The second-order valence-electron chi connectivity index (χ2n) is 6.99. The van der Waals surface area contributed by atoms with Crippen molar-refractivity contribution in [3.05, 3.63) is 53.6 Å². The molecule has 0 bridgehead atoms. The van der Waals surface area contributed by atoms with E-state index in [1.165, 1.54) is 12.7 Å². The van der Waals surface area contributed by atoms with E-state index >= 15 is 0 Å². The summed E-state index contributed by atoms with van der Waals surface area (Å²) in [5.41, 5.74) is 4.21. The molecule has 156 valence electrons. The molecule has 1 aliphatic rings. The minimum Gasteiger partial charge on any atom is -0.496 e. The molecule has 0 aliphatic carbocycles. The van der Waals surface area contributed by atoms with Gasteiger partial charge in [-0.05, 0) is 22.8 Å². The van der Waals surface area contributed by atoms with E-state index in [4.69, 9.17) is 14.2 Å². The molecule has 0 saturated carbocycles. The summed E-state index contributed by atoms with van der Waals surface area (Å²) in [6.45, 7) is 7.20. The molecule has 6 nitrogen and oxygen atoms in total. The molecule has 2 aromatic rings. The minimum atomic E-state index is -0.244. The number of carbonyl (C=O) groups excluding carboxylic acids is 1. The van der Waals surface area contributed by atoms with Gasteiger partial charge in [0, 0.05) is 31.7 Å². The van der Waals surface area contributed by atoms with E-state index in [0.717, 1.165) is 61.8 Å². The van der Waals surface area contributed by atoms with Crippen molar-refractivity contribution in [2.24, 2.45) is 0 Å². The third-order valence-electron chi connectivity index (χ3n) is 5.23. The molecular formula is C23H30N2O4. The number of methoxy groups -OCH3 is 2. The zero-order chi connectivity index (χ0) is 20.6. The topological polar surface area (TPSA) is 51.2 Å². The SMILES string of the molecule is CCN(Cc1cccc(OC)c1-c1cccc(CC(=O)OC)c1)N1CCOCC1. The highest BCUT2D eigenvalue weighted by Gasteiger charge is 2.20. The Bertz CT molecular complexity index is 818. The van der Waals surface area contributed by atoms with Gasteiger partial charge >= 0.3 is 5.97 Å². The molecule has 0 amide bonds. The molecule has 1 heterocycles. The Kier molecular flexibility index (Phi) is 7.63. The van der Waals surface area contributed by atoms with E-state index in [-0.39, 0.29) is 12.4 Å². The predicted molar refractivity (Wildman–Crippen MR) is 113 cm³/mol. The highest BCUT2D eigenvalue weighted by Crippen LogP contribution is 2.35. The van der Waals surface area contributed by atoms with Gasteiger partial charge in [-0.3, -0.25) is 4.79 Å². The Morgan fingerprint density at radius 3 is 2.59 bits per heavy atom. The lowest BCUT2D eigenvalue weighted by molar-refractivity contribution is -0.139. The molecule has 0 atom stereocenters. The lowest BCUT2D eigenvalue weighted by Gasteiger charge is -2.37. The summed E-state index contributed by atoms with van der Waals surface area (Å²) in [4.78, 5) is 11.7. The lowest BCUT2D eigenvalue weighted by Crippen LogP contribution is -2.48. The summed E-state index contributed by atoms with van der Waals surface area (Å²) in [6, 6.07) is 14.2. The van der Waals surface area contributed by atoms with Crippen LogP contribution in [0.5, 0.6) is 5.75 Å². The smallest absolute Gasteiger partial charge is 0.309 e. The number of benzene rings is 2. The van der Waals surface area contributed by atoms with Crippen LogP contribution < -0.4 is 4.74 Å². The maximum absolute atomic E-state index is 11.7. The number of hydrazine groups is 1. The Labute approximate surface area is 172 Å². The zero-order valence-electron chi connectivity index (χ0n) is 17.5. The molecule has 0 aromatic heterocycles. The van der Waals surface area contributed by atoms with E-state index in [2.05, 4.69) is 29.1 Å². The molecule has 0 N–H and O–H groups in total. The van der Waals surface area contributed by atoms with Crippen LogP contribution in [-0.4, -0.2) is 63.1 Å².